The van der Waals surface area contributed by atoms with Crippen LogP contribution in [0.3, 0.4) is 0 Å². The summed E-state index contributed by atoms with van der Waals surface area (Å²) in [5.74, 6) is 2.30. The smallest absolute Gasteiger partial charge is 0.200 e. The third-order valence-electron chi connectivity index (χ3n) is 7.62. The largest absolute Gasteiger partial charge is 0.497 e. The van der Waals surface area contributed by atoms with E-state index in [0.29, 0.717) is 30.8 Å². The van der Waals surface area contributed by atoms with E-state index in [1.165, 1.54) is 30.8 Å². The van der Waals surface area contributed by atoms with Crippen molar-refractivity contribution in [3.05, 3.63) is 53.6 Å². The highest BCUT2D eigenvalue weighted by molar-refractivity contribution is 7.57. The molecule has 0 spiro atoms. The quantitative estimate of drug-likeness (QED) is 0.287. The molecule has 206 valence electrons. The van der Waals surface area contributed by atoms with Crippen LogP contribution in [0.25, 0.3) is 0 Å². The molecule has 0 aromatic heterocycles. The molecule has 1 heterocycles. The Morgan fingerprint density at radius 2 is 1.84 bits per heavy atom. The second kappa shape index (κ2) is 13.2. The van der Waals surface area contributed by atoms with E-state index in [1.807, 2.05) is 31.2 Å². The van der Waals surface area contributed by atoms with Gasteiger partial charge in [-0.25, -0.2) is 0 Å². The molecule has 1 aliphatic rings. The van der Waals surface area contributed by atoms with E-state index in [1.54, 1.807) is 7.11 Å². The number of benzene rings is 2. The van der Waals surface area contributed by atoms with Gasteiger partial charge in [-0.15, -0.1) is 0 Å². The lowest BCUT2D eigenvalue weighted by Crippen LogP contribution is -2.36. The predicted molar refractivity (Wildman–Crippen MR) is 156 cm³/mol. The molecule has 0 amide bonds. The lowest BCUT2D eigenvalue weighted by molar-refractivity contribution is 0.222. The molecule has 1 saturated heterocycles. The van der Waals surface area contributed by atoms with Gasteiger partial charge in [0.1, 0.15) is 11.5 Å². The minimum atomic E-state index is -3.10. The van der Waals surface area contributed by atoms with Gasteiger partial charge in [0.05, 0.1) is 13.7 Å². The molecular formula is C31H48NO4P. The van der Waals surface area contributed by atoms with Gasteiger partial charge in [0.2, 0.25) is 7.37 Å². The number of hydrogen-bond donors (Lipinski definition) is 1. The fourth-order valence-electron chi connectivity index (χ4n) is 5.23. The van der Waals surface area contributed by atoms with Crippen LogP contribution in [-0.4, -0.2) is 44.0 Å². The van der Waals surface area contributed by atoms with Crippen LogP contribution in [0.1, 0.15) is 70.9 Å². The van der Waals surface area contributed by atoms with Crippen LogP contribution < -0.4 is 14.4 Å². The third kappa shape index (κ3) is 9.37. The van der Waals surface area contributed by atoms with Crippen LogP contribution in [0.2, 0.25) is 0 Å². The normalized spacial score (nSPS) is 17.3. The first-order chi connectivity index (χ1) is 17.5. The van der Waals surface area contributed by atoms with Gasteiger partial charge in [0.15, 0.2) is 0 Å². The van der Waals surface area contributed by atoms with Crippen molar-refractivity contribution in [1.82, 2.24) is 0 Å². The van der Waals surface area contributed by atoms with Crippen molar-refractivity contribution >= 4 is 13.1 Å². The van der Waals surface area contributed by atoms with Crippen molar-refractivity contribution in [3.63, 3.8) is 0 Å². The Bertz CT molecular complexity index is 1030. The summed E-state index contributed by atoms with van der Waals surface area (Å²) < 4.78 is 23.9. The van der Waals surface area contributed by atoms with E-state index < -0.39 is 7.37 Å². The number of ether oxygens (including phenoxy) is 2. The highest BCUT2D eigenvalue weighted by Gasteiger charge is 2.25. The standard InChI is InChI=1S/C31H48NO4P/c1-7-29(37(6,33)34)21-25-10-8-12-28(20-25)36-23-24-15-18-32(19-16-24)30-22-27(35-5)14-13-26(30)11-9-17-31(2,3)4/h8,10,12-14,20,22,24,29H,7,9,11,15-19,21,23H2,1-6H3,(H,33,34)/t29-/m0/s1. The molecule has 1 fully saturated rings. The molecule has 0 saturated carbocycles. The molecule has 2 aromatic rings. The SMILES string of the molecule is CC[C@@H](Cc1cccc(OCC2CCN(c3cc(OC)ccc3CCCC(C)(C)C)CC2)c1)P(C)(=O)O. The summed E-state index contributed by atoms with van der Waals surface area (Å²) in [5.41, 5.74) is 3.96. The zero-order chi connectivity index (χ0) is 27.1. The second-order valence-corrected chi connectivity index (χ2v) is 14.6. The topological polar surface area (TPSA) is 59.0 Å². The Balaban J connectivity index is 1.55. The molecule has 5 nitrogen and oxygen atoms in total. The number of aryl methyl sites for hydroxylation is 1. The van der Waals surface area contributed by atoms with Gasteiger partial charge in [0, 0.05) is 37.2 Å². The zero-order valence-electron chi connectivity index (χ0n) is 23.8. The number of piperidine rings is 1. The summed E-state index contributed by atoms with van der Waals surface area (Å²) in [5, 5.41) is 0. The number of anilines is 1. The van der Waals surface area contributed by atoms with E-state index in [0.717, 1.165) is 49.4 Å². The van der Waals surface area contributed by atoms with Crippen molar-refractivity contribution in [2.45, 2.75) is 78.3 Å². The van der Waals surface area contributed by atoms with Crippen molar-refractivity contribution in [2.24, 2.45) is 11.3 Å². The van der Waals surface area contributed by atoms with Crippen LogP contribution in [0.5, 0.6) is 11.5 Å². The van der Waals surface area contributed by atoms with Crippen molar-refractivity contribution in [3.8, 4) is 11.5 Å². The van der Waals surface area contributed by atoms with E-state index in [2.05, 4.69) is 43.9 Å². The Labute approximate surface area is 225 Å². The van der Waals surface area contributed by atoms with Gasteiger partial charge < -0.3 is 19.3 Å². The van der Waals surface area contributed by atoms with Gasteiger partial charge in [-0.2, -0.15) is 0 Å². The highest BCUT2D eigenvalue weighted by atomic mass is 31.2. The predicted octanol–water partition coefficient (Wildman–Crippen LogP) is 7.58. The summed E-state index contributed by atoms with van der Waals surface area (Å²) in [7, 11) is -1.36. The molecule has 0 bridgehead atoms. The molecular weight excluding hydrogens is 481 g/mol. The van der Waals surface area contributed by atoms with Gasteiger partial charge in [0.25, 0.3) is 0 Å². The number of hydrogen-bond acceptors (Lipinski definition) is 4. The van der Waals surface area contributed by atoms with Gasteiger partial charge >= 0.3 is 0 Å². The van der Waals surface area contributed by atoms with Crippen molar-refractivity contribution in [2.75, 3.05) is 38.4 Å². The number of rotatable bonds is 12. The van der Waals surface area contributed by atoms with Crippen LogP contribution in [0.4, 0.5) is 5.69 Å². The van der Waals surface area contributed by atoms with Crippen LogP contribution in [0, 0.1) is 11.3 Å². The fourth-order valence-corrected chi connectivity index (χ4v) is 6.45. The molecule has 2 aromatic carbocycles. The van der Waals surface area contributed by atoms with Crippen LogP contribution in [-0.2, 0) is 17.4 Å². The summed E-state index contributed by atoms with van der Waals surface area (Å²) in [6, 6.07) is 14.6. The molecule has 37 heavy (non-hydrogen) atoms. The van der Waals surface area contributed by atoms with Gasteiger partial charge in [-0.3, -0.25) is 4.57 Å². The molecule has 2 atom stereocenters. The van der Waals surface area contributed by atoms with E-state index >= 15 is 0 Å². The summed E-state index contributed by atoms with van der Waals surface area (Å²) >= 11 is 0. The number of methoxy groups -OCH3 is 1. The minimum Gasteiger partial charge on any atom is -0.497 e. The lowest BCUT2D eigenvalue weighted by Gasteiger charge is -2.35. The first-order valence-electron chi connectivity index (χ1n) is 13.9. The van der Waals surface area contributed by atoms with E-state index in [4.69, 9.17) is 9.47 Å². The molecule has 3 rings (SSSR count). The Morgan fingerprint density at radius 1 is 1.11 bits per heavy atom. The monoisotopic (exact) mass is 529 g/mol. The third-order valence-corrected chi connectivity index (χ3v) is 9.53. The molecule has 1 N–H and O–H groups in total. The summed E-state index contributed by atoms with van der Waals surface area (Å²) in [6.07, 6.45) is 7.00. The first kappa shape index (κ1) is 29.6. The van der Waals surface area contributed by atoms with E-state index in [9.17, 15) is 9.46 Å². The molecule has 6 heteroatoms. The molecule has 0 aliphatic carbocycles. The van der Waals surface area contributed by atoms with Crippen LogP contribution in [0.15, 0.2) is 42.5 Å². The average Bonchev–Trinajstić information content (AvgIpc) is 2.85. The summed E-state index contributed by atoms with van der Waals surface area (Å²) in [4.78, 5) is 12.5. The number of nitrogens with zero attached hydrogens (tertiary/aromatic N) is 1. The molecule has 0 radical (unpaired) electrons. The maximum Gasteiger partial charge on any atom is 0.200 e. The second-order valence-electron chi connectivity index (χ2n) is 12.0. The molecule has 1 aliphatic heterocycles. The van der Waals surface area contributed by atoms with Crippen molar-refractivity contribution < 1.29 is 18.9 Å². The van der Waals surface area contributed by atoms with Crippen molar-refractivity contribution in [1.29, 1.82) is 0 Å². The maximum absolute atomic E-state index is 12.2. The zero-order valence-corrected chi connectivity index (χ0v) is 24.7. The Kier molecular flexibility index (Phi) is 10.6. The Morgan fingerprint density at radius 3 is 2.46 bits per heavy atom. The van der Waals surface area contributed by atoms with Gasteiger partial charge in [-0.1, -0.05) is 45.9 Å². The fraction of sp³-hybridized carbons (Fsp3) is 0.613. The molecule has 1 unspecified atom stereocenters. The minimum absolute atomic E-state index is 0.206. The van der Waals surface area contributed by atoms with Crippen LogP contribution >= 0.6 is 7.37 Å². The maximum atomic E-state index is 12.2. The lowest BCUT2D eigenvalue weighted by atomic mass is 9.88. The Hall–Kier alpha value is -1.97. The first-order valence-corrected chi connectivity index (χ1v) is 16.1. The van der Waals surface area contributed by atoms with Gasteiger partial charge in [-0.05, 0) is 85.6 Å². The highest BCUT2D eigenvalue weighted by Crippen LogP contribution is 2.45. The van der Waals surface area contributed by atoms with E-state index in [-0.39, 0.29) is 5.66 Å². The average molecular weight is 530 g/mol. The summed E-state index contributed by atoms with van der Waals surface area (Å²) in [6.45, 7) is 13.1.